The van der Waals surface area contributed by atoms with Gasteiger partial charge in [0.1, 0.15) is 5.69 Å². The summed E-state index contributed by atoms with van der Waals surface area (Å²) in [6.45, 7) is 7.99. The molecule has 0 unspecified atom stereocenters. The standard InChI is InChI=1S/C23H27ClN6O/c1-22(14-31-15-22)28-4-2-27(3-5-28)21-7-20-17(6-19(21)24)11-26-30(20)18-12-25-29(13-18)23-8-16(9-23)10-23/h6-7,11-13,16H,2-5,8-10,14-15H2,1H3. The summed E-state index contributed by atoms with van der Waals surface area (Å²) in [7, 11) is 0. The molecule has 2 aliphatic heterocycles. The van der Waals surface area contributed by atoms with Gasteiger partial charge in [0.25, 0.3) is 0 Å². The van der Waals surface area contributed by atoms with Crippen LogP contribution in [-0.2, 0) is 10.3 Å². The van der Waals surface area contributed by atoms with E-state index in [0.717, 1.165) is 72.6 Å². The Balaban J connectivity index is 1.18. The maximum atomic E-state index is 6.72. The third-order valence-electron chi connectivity index (χ3n) is 8.15. The second-order valence-corrected chi connectivity index (χ2v) is 10.6. The molecule has 0 radical (unpaired) electrons. The molecule has 0 amide bonds. The highest BCUT2D eigenvalue weighted by atomic mass is 35.5. The number of hydrogen-bond donors (Lipinski definition) is 0. The van der Waals surface area contributed by atoms with E-state index in [1.807, 2.05) is 17.1 Å². The van der Waals surface area contributed by atoms with Crippen LogP contribution in [0.3, 0.4) is 0 Å². The van der Waals surface area contributed by atoms with Crippen molar-refractivity contribution in [2.24, 2.45) is 5.92 Å². The van der Waals surface area contributed by atoms with E-state index in [9.17, 15) is 0 Å². The fraction of sp³-hybridized carbons (Fsp3) is 0.565. The monoisotopic (exact) mass is 438 g/mol. The molecule has 31 heavy (non-hydrogen) atoms. The van der Waals surface area contributed by atoms with Gasteiger partial charge >= 0.3 is 0 Å². The lowest BCUT2D eigenvalue weighted by atomic mass is 9.50. The van der Waals surface area contributed by atoms with Gasteiger partial charge in [0.2, 0.25) is 0 Å². The topological polar surface area (TPSA) is 51.3 Å². The fourth-order valence-corrected chi connectivity index (χ4v) is 6.24. The summed E-state index contributed by atoms with van der Waals surface area (Å²) in [6.07, 6.45) is 9.86. The third-order valence-corrected chi connectivity index (χ3v) is 8.45. The van der Waals surface area contributed by atoms with Gasteiger partial charge in [-0.25, -0.2) is 4.68 Å². The van der Waals surface area contributed by atoms with E-state index < -0.39 is 0 Å². The molecule has 0 atom stereocenters. The smallest absolute Gasteiger partial charge is 0.103 e. The molecule has 0 N–H and O–H groups in total. The first-order valence-electron chi connectivity index (χ1n) is 11.3. The second-order valence-electron chi connectivity index (χ2n) is 10.2. The van der Waals surface area contributed by atoms with E-state index in [4.69, 9.17) is 16.3 Å². The molecule has 0 spiro atoms. The summed E-state index contributed by atoms with van der Waals surface area (Å²) in [6, 6.07) is 4.25. The summed E-state index contributed by atoms with van der Waals surface area (Å²) in [5.41, 5.74) is 3.70. The fourth-order valence-electron chi connectivity index (χ4n) is 5.95. The Hall–Kier alpha value is -2.09. The van der Waals surface area contributed by atoms with Crippen LogP contribution in [0, 0.1) is 5.92 Å². The summed E-state index contributed by atoms with van der Waals surface area (Å²) < 4.78 is 9.64. The van der Waals surface area contributed by atoms with Gasteiger partial charge in [-0.2, -0.15) is 10.2 Å². The Morgan fingerprint density at radius 2 is 1.81 bits per heavy atom. The molecule has 2 aromatic heterocycles. The molecule has 2 bridgehead atoms. The molecule has 2 saturated heterocycles. The number of hydrogen-bond acceptors (Lipinski definition) is 5. The van der Waals surface area contributed by atoms with Crippen molar-refractivity contribution in [1.82, 2.24) is 24.5 Å². The SMILES string of the molecule is CC1(N2CCN(c3cc4c(cnn4-c4cnn(C56CC(C5)C6)c4)cc3Cl)CC2)COC1. The van der Waals surface area contributed by atoms with Crippen molar-refractivity contribution in [3.63, 3.8) is 0 Å². The number of piperazine rings is 1. The number of nitrogens with zero attached hydrogens (tertiary/aromatic N) is 6. The number of anilines is 1. The largest absolute Gasteiger partial charge is 0.377 e. The van der Waals surface area contributed by atoms with Gasteiger partial charge in [0.15, 0.2) is 0 Å². The van der Waals surface area contributed by atoms with Crippen molar-refractivity contribution in [2.45, 2.75) is 37.3 Å². The van der Waals surface area contributed by atoms with E-state index in [0.29, 0.717) is 5.54 Å². The van der Waals surface area contributed by atoms with Crippen molar-refractivity contribution >= 4 is 28.2 Å². The summed E-state index contributed by atoms with van der Waals surface area (Å²) >= 11 is 6.72. The number of fused-ring (bicyclic) bond motifs is 1. The molecule has 3 aromatic rings. The molecular weight excluding hydrogens is 412 g/mol. The van der Waals surface area contributed by atoms with Crippen molar-refractivity contribution in [3.8, 4) is 5.69 Å². The molecular formula is C23H27ClN6O. The molecule has 7 nitrogen and oxygen atoms in total. The number of rotatable bonds is 4. The van der Waals surface area contributed by atoms with Crippen LogP contribution in [0.5, 0.6) is 0 Å². The number of benzene rings is 1. The zero-order chi connectivity index (χ0) is 20.8. The van der Waals surface area contributed by atoms with Gasteiger partial charge < -0.3 is 9.64 Å². The molecule has 3 aliphatic carbocycles. The van der Waals surface area contributed by atoms with E-state index >= 15 is 0 Å². The molecule has 162 valence electrons. The highest BCUT2D eigenvalue weighted by Crippen LogP contribution is 2.62. The lowest BCUT2D eigenvalue weighted by Crippen LogP contribution is -2.64. The second kappa shape index (κ2) is 6.24. The van der Waals surface area contributed by atoms with Gasteiger partial charge in [-0.1, -0.05) is 11.6 Å². The first-order valence-corrected chi connectivity index (χ1v) is 11.7. The lowest BCUT2D eigenvalue weighted by Gasteiger charge is -2.61. The third kappa shape index (κ3) is 2.60. The highest BCUT2D eigenvalue weighted by molar-refractivity contribution is 6.34. The zero-order valence-corrected chi connectivity index (χ0v) is 18.6. The Bertz CT molecular complexity index is 1160. The van der Waals surface area contributed by atoms with Crippen LogP contribution in [0.1, 0.15) is 26.2 Å². The number of halogens is 1. The van der Waals surface area contributed by atoms with E-state index in [1.165, 1.54) is 19.3 Å². The minimum absolute atomic E-state index is 0.207. The molecule has 5 fully saturated rings. The first kappa shape index (κ1) is 18.5. The van der Waals surface area contributed by atoms with Crippen LogP contribution in [-0.4, -0.2) is 69.4 Å². The summed E-state index contributed by atoms with van der Waals surface area (Å²) in [4.78, 5) is 4.96. The van der Waals surface area contributed by atoms with Crippen LogP contribution in [0.4, 0.5) is 5.69 Å². The number of aromatic nitrogens is 4. The van der Waals surface area contributed by atoms with Crippen molar-refractivity contribution in [2.75, 3.05) is 44.3 Å². The van der Waals surface area contributed by atoms with E-state index in [1.54, 1.807) is 0 Å². The molecule has 8 rings (SSSR count). The van der Waals surface area contributed by atoms with Crippen molar-refractivity contribution in [1.29, 1.82) is 0 Å². The lowest BCUT2D eigenvalue weighted by molar-refractivity contribution is -0.131. The van der Waals surface area contributed by atoms with Gasteiger partial charge in [-0.3, -0.25) is 9.58 Å². The van der Waals surface area contributed by atoms with E-state index in [2.05, 4.69) is 49.9 Å². The van der Waals surface area contributed by atoms with Crippen LogP contribution in [0.15, 0.2) is 30.7 Å². The van der Waals surface area contributed by atoms with Crippen LogP contribution in [0.2, 0.25) is 5.02 Å². The quantitative estimate of drug-likeness (QED) is 0.625. The van der Waals surface area contributed by atoms with Crippen LogP contribution >= 0.6 is 11.6 Å². The average molecular weight is 439 g/mol. The van der Waals surface area contributed by atoms with Gasteiger partial charge in [0.05, 0.1) is 59.1 Å². The Morgan fingerprint density at radius 3 is 2.45 bits per heavy atom. The maximum Gasteiger partial charge on any atom is 0.103 e. The van der Waals surface area contributed by atoms with E-state index in [-0.39, 0.29) is 5.54 Å². The summed E-state index contributed by atoms with van der Waals surface area (Å²) in [5, 5.41) is 11.2. The normalized spacial score (nSPS) is 29.5. The highest BCUT2D eigenvalue weighted by Gasteiger charge is 2.58. The predicted octanol–water partition coefficient (Wildman–Crippen LogP) is 3.30. The minimum Gasteiger partial charge on any atom is -0.377 e. The van der Waals surface area contributed by atoms with Crippen LogP contribution < -0.4 is 4.90 Å². The van der Waals surface area contributed by atoms with Crippen molar-refractivity contribution in [3.05, 3.63) is 35.7 Å². The average Bonchev–Trinajstić information content (AvgIpc) is 3.30. The zero-order valence-electron chi connectivity index (χ0n) is 17.8. The van der Waals surface area contributed by atoms with Gasteiger partial charge in [-0.05, 0) is 44.2 Å². The van der Waals surface area contributed by atoms with Crippen molar-refractivity contribution < 1.29 is 4.74 Å². The predicted molar refractivity (Wildman–Crippen MR) is 120 cm³/mol. The Kier molecular flexibility index (Phi) is 3.72. The molecule has 3 saturated carbocycles. The molecule has 4 heterocycles. The Morgan fingerprint density at radius 1 is 1.03 bits per heavy atom. The minimum atomic E-state index is 0.207. The maximum absolute atomic E-state index is 6.72. The number of ether oxygens (including phenoxy) is 1. The molecule has 1 aromatic carbocycles. The van der Waals surface area contributed by atoms with Gasteiger partial charge in [-0.15, -0.1) is 0 Å². The summed E-state index contributed by atoms with van der Waals surface area (Å²) in [5.74, 6) is 0.933. The molecule has 5 aliphatic rings. The Labute approximate surface area is 186 Å². The van der Waals surface area contributed by atoms with Crippen LogP contribution in [0.25, 0.3) is 16.6 Å². The molecule has 8 heteroatoms. The first-order chi connectivity index (χ1) is 15.0. The van der Waals surface area contributed by atoms with Gasteiger partial charge in [0, 0.05) is 31.6 Å².